The Balaban J connectivity index is 2.18. The molecule has 1 saturated heterocycles. The van der Waals surface area contributed by atoms with Crippen molar-refractivity contribution in [3.05, 3.63) is 29.8 Å². The van der Waals surface area contributed by atoms with E-state index in [1.165, 1.54) is 6.20 Å². The van der Waals surface area contributed by atoms with Crippen molar-refractivity contribution < 1.29 is 4.39 Å². The lowest BCUT2D eigenvalue weighted by atomic mass is 10.0. The van der Waals surface area contributed by atoms with Gasteiger partial charge in [-0.25, -0.2) is 4.98 Å². The molecule has 2 heterocycles. The van der Waals surface area contributed by atoms with Crippen LogP contribution < -0.4 is 5.32 Å². The van der Waals surface area contributed by atoms with Crippen molar-refractivity contribution in [3.63, 3.8) is 0 Å². The fraction of sp³-hybridized carbons (Fsp3) is 0.615. The minimum Gasteiger partial charge on any atom is -0.314 e. The molecule has 0 unspecified atom stereocenters. The van der Waals surface area contributed by atoms with Crippen LogP contribution in [0.2, 0.25) is 0 Å². The van der Waals surface area contributed by atoms with Gasteiger partial charge in [0.1, 0.15) is 0 Å². The zero-order valence-electron chi connectivity index (χ0n) is 10.3. The van der Waals surface area contributed by atoms with Crippen LogP contribution in [0.1, 0.15) is 31.4 Å². The number of nitrogens with zero attached hydrogens (tertiary/aromatic N) is 2. The second-order valence-corrected chi connectivity index (χ2v) is 4.47. The maximum Gasteiger partial charge on any atom is 0.217 e. The van der Waals surface area contributed by atoms with Gasteiger partial charge < -0.3 is 5.32 Å². The van der Waals surface area contributed by atoms with Crippen LogP contribution in [0, 0.1) is 5.95 Å². The highest BCUT2D eigenvalue weighted by Gasteiger charge is 2.23. The van der Waals surface area contributed by atoms with Gasteiger partial charge >= 0.3 is 0 Å². The summed E-state index contributed by atoms with van der Waals surface area (Å²) < 4.78 is 13.8. The van der Waals surface area contributed by atoms with Crippen LogP contribution >= 0.6 is 0 Å². The van der Waals surface area contributed by atoms with Crippen LogP contribution in [0.5, 0.6) is 0 Å². The average Bonchev–Trinajstić information content (AvgIpc) is 2.38. The second-order valence-electron chi connectivity index (χ2n) is 4.47. The number of halogens is 1. The van der Waals surface area contributed by atoms with Gasteiger partial charge in [0.15, 0.2) is 0 Å². The second kappa shape index (κ2) is 6.07. The van der Waals surface area contributed by atoms with Crippen molar-refractivity contribution in [2.75, 3.05) is 26.2 Å². The first kappa shape index (κ1) is 12.5. The van der Waals surface area contributed by atoms with Gasteiger partial charge in [-0.05, 0) is 12.5 Å². The van der Waals surface area contributed by atoms with E-state index in [-0.39, 0.29) is 12.0 Å². The lowest BCUT2D eigenvalue weighted by molar-refractivity contribution is 0.160. The van der Waals surface area contributed by atoms with Crippen molar-refractivity contribution in [2.24, 2.45) is 0 Å². The monoisotopic (exact) mass is 237 g/mol. The highest BCUT2D eigenvalue weighted by atomic mass is 19.1. The van der Waals surface area contributed by atoms with Gasteiger partial charge in [-0.2, -0.15) is 4.39 Å². The number of pyridine rings is 1. The molecule has 1 fully saturated rings. The van der Waals surface area contributed by atoms with Crippen molar-refractivity contribution in [1.29, 1.82) is 0 Å². The molecule has 1 aliphatic rings. The Hall–Kier alpha value is -1.00. The molecule has 4 heteroatoms. The fourth-order valence-electron chi connectivity index (χ4n) is 2.45. The summed E-state index contributed by atoms with van der Waals surface area (Å²) in [6.07, 6.45) is 3.56. The summed E-state index contributed by atoms with van der Waals surface area (Å²) in [4.78, 5) is 6.13. The first-order valence-corrected chi connectivity index (χ1v) is 6.38. The molecular formula is C13H20FN3. The van der Waals surface area contributed by atoms with E-state index in [0.29, 0.717) is 0 Å². The van der Waals surface area contributed by atoms with Crippen LogP contribution in [0.4, 0.5) is 4.39 Å². The molecule has 0 aromatic carbocycles. The maximum absolute atomic E-state index is 13.8. The molecule has 0 spiro atoms. The van der Waals surface area contributed by atoms with E-state index in [1.807, 2.05) is 12.1 Å². The van der Waals surface area contributed by atoms with E-state index >= 15 is 0 Å². The predicted octanol–water partition coefficient (Wildman–Crippen LogP) is 1.97. The molecule has 0 amide bonds. The predicted molar refractivity (Wildman–Crippen MR) is 66.3 cm³/mol. The van der Waals surface area contributed by atoms with Crippen molar-refractivity contribution in [2.45, 2.75) is 25.8 Å². The number of hydrogen-bond donors (Lipinski definition) is 1. The van der Waals surface area contributed by atoms with Gasteiger partial charge in [0, 0.05) is 44.0 Å². The highest BCUT2D eigenvalue weighted by molar-refractivity contribution is 5.16. The van der Waals surface area contributed by atoms with Crippen LogP contribution in [0.25, 0.3) is 0 Å². The quantitative estimate of drug-likeness (QED) is 0.811. The third-order valence-electron chi connectivity index (χ3n) is 3.30. The van der Waals surface area contributed by atoms with Crippen molar-refractivity contribution in [1.82, 2.24) is 15.2 Å². The van der Waals surface area contributed by atoms with E-state index in [9.17, 15) is 4.39 Å². The topological polar surface area (TPSA) is 28.2 Å². The number of hydrogen-bond acceptors (Lipinski definition) is 3. The zero-order valence-corrected chi connectivity index (χ0v) is 10.3. The van der Waals surface area contributed by atoms with E-state index in [2.05, 4.69) is 22.1 Å². The van der Waals surface area contributed by atoms with E-state index in [0.717, 1.165) is 44.6 Å². The summed E-state index contributed by atoms with van der Waals surface area (Å²) >= 11 is 0. The Bertz CT molecular complexity index is 350. The zero-order chi connectivity index (χ0) is 12.1. The molecule has 1 aromatic rings. The summed E-state index contributed by atoms with van der Waals surface area (Å²) in [7, 11) is 0. The largest absolute Gasteiger partial charge is 0.314 e. The Morgan fingerprint density at radius 2 is 2.24 bits per heavy atom. The van der Waals surface area contributed by atoms with E-state index in [1.54, 1.807) is 0 Å². The standard InChI is InChI=1S/C13H20FN3/c1-2-4-12(17-9-7-15-8-10-17)11-5-3-6-16-13(11)14/h3,5-6,12,15H,2,4,7-10H2,1H3/t12-/m1/s1. The summed E-state index contributed by atoms with van der Waals surface area (Å²) in [5.74, 6) is -0.315. The SMILES string of the molecule is CCC[C@H](c1cccnc1F)N1CCNCC1. The molecule has 1 atom stereocenters. The third kappa shape index (κ3) is 3.01. The van der Waals surface area contributed by atoms with Crippen LogP contribution in [0.15, 0.2) is 18.3 Å². The molecular weight excluding hydrogens is 217 g/mol. The Morgan fingerprint density at radius 1 is 1.47 bits per heavy atom. The summed E-state index contributed by atoms with van der Waals surface area (Å²) in [6, 6.07) is 3.87. The third-order valence-corrected chi connectivity index (χ3v) is 3.30. The minimum absolute atomic E-state index is 0.177. The molecule has 1 aromatic heterocycles. The number of nitrogens with one attached hydrogen (secondary N) is 1. The smallest absolute Gasteiger partial charge is 0.217 e. The highest BCUT2D eigenvalue weighted by Crippen LogP contribution is 2.27. The normalized spacial score (nSPS) is 19.2. The van der Waals surface area contributed by atoms with E-state index in [4.69, 9.17) is 0 Å². The minimum atomic E-state index is -0.315. The van der Waals surface area contributed by atoms with Crippen LogP contribution in [-0.4, -0.2) is 36.1 Å². The Morgan fingerprint density at radius 3 is 2.88 bits per heavy atom. The summed E-state index contributed by atoms with van der Waals surface area (Å²) in [5, 5.41) is 3.33. The molecule has 17 heavy (non-hydrogen) atoms. The van der Waals surface area contributed by atoms with Crippen molar-refractivity contribution in [3.8, 4) is 0 Å². The van der Waals surface area contributed by atoms with Gasteiger partial charge in [0.05, 0.1) is 0 Å². The molecule has 2 rings (SSSR count). The molecule has 0 aliphatic carbocycles. The molecule has 1 N–H and O–H groups in total. The fourth-order valence-corrected chi connectivity index (χ4v) is 2.45. The van der Waals surface area contributed by atoms with Gasteiger partial charge in [-0.3, -0.25) is 4.90 Å². The number of rotatable bonds is 4. The molecule has 94 valence electrons. The number of piperazine rings is 1. The molecule has 3 nitrogen and oxygen atoms in total. The lowest BCUT2D eigenvalue weighted by Crippen LogP contribution is -2.45. The maximum atomic E-state index is 13.8. The average molecular weight is 237 g/mol. The molecule has 0 saturated carbocycles. The molecule has 0 radical (unpaired) electrons. The van der Waals surface area contributed by atoms with Crippen molar-refractivity contribution >= 4 is 0 Å². The van der Waals surface area contributed by atoms with Gasteiger partial charge in [-0.1, -0.05) is 19.4 Å². The lowest BCUT2D eigenvalue weighted by Gasteiger charge is -2.35. The van der Waals surface area contributed by atoms with E-state index < -0.39 is 0 Å². The Labute approximate surface area is 102 Å². The summed E-state index contributed by atoms with van der Waals surface area (Å²) in [6.45, 7) is 6.09. The Kier molecular flexibility index (Phi) is 4.45. The first-order chi connectivity index (χ1) is 8.33. The number of aromatic nitrogens is 1. The molecule has 0 bridgehead atoms. The van der Waals surface area contributed by atoms with Gasteiger partial charge in [-0.15, -0.1) is 0 Å². The first-order valence-electron chi connectivity index (χ1n) is 6.38. The van der Waals surface area contributed by atoms with Gasteiger partial charge in [0.2, 0.25) is 5.95 Å². The van der Waals surface area contributed by atoms with Gasteiger partial charge in [0.25, 0.3) is 0 Å². The molecule has 1 aliphatic heterocycles. The van der Waals surface area contributed by atoms with Crippen LogP contribution in [-0.2, 0) is 0 Å². The van der Waals surface area contributed by atoms with Crippen LogP contribution in [0.3, 0.4) is 0 Å². The summed E-state index contributed by atoms with van der Waals surface area (Å²) in [5.41, 5.74) is 0.747.